The van der Waals surface area contributed by atoms with Crippen LogP contribution in [0.15, 0.2) is 41.6 Å². The lowest BCUT2D eigenvalue weighted by Gasteiger charge is -2.23. The van der Waals surface area contributed by atoms with Crippen LogP contribution < -0.4 is 10.1 Å². The molecule has 234 valence electrons. The highest BCUT2D eigenvalue weighted by Gasteiger charge is 2.29. The van der Waals surface area contributed by atoms with E-state index in [0.29, 0.717) is 18.2 Å². The smallest absolute Gasteiger partial charge is 0.327 e. The summed E-state index contributed by atoms with van der Waals surface area (Å²) in [4.78, 5) is 63.1. The molecule has 0 aliphatic carbocycles. The lowest BCUT2D eigenvalue weighted by Crippen LogP contribution is -2.39. The quantitative estimate of drug-likeness (QED) is 0.0864. The van der Waals surface area contributed by atoms with E-state index in [-0.39, 0.29) is 59.1 Å². The van der Waals surface area contributed by atoms with Gasteiger partial charge in [0.1, 0.15) is 12.3 Å². The van der Waals surface area contributed by atoms with Gasteiger partial charge < -0.3 is 19.7 Å². The number of aryl methyl sites for hydroxylation is 1. The molecule has 17 heteroatoms. The Morgan fingerprint density at radius 1 is 1.18 bits per heavy atom. The third kappa shape index (κ3) is 9.21. The summed E-state index contributed by atoms with van der Waals surface area (Å²) in [5.74, 6) is -2.05. The van der Waals surface area contributed by atoms with Gasteiger partial charge in [-0.1, -0.05) is 24.6 Å². The molecule has 0 aliphatic rings. The number of tetrazole rings is 1. The predicted molar refractivity (Wildman–Crippen MR) is 159 cm³/mol. The average molecular weight is 648 g/mol. The third-order valence-corrected chi connectivity index (χ3v) is 7.15. The molecule has 0 spiro atoms. The van der Waals surface area contributed by atoms with E-state index in [2.05, 4.69) is 20.8 Å². The van der Waals surface area contributed by atoms with Gasteiger partial charge in [-0.15, -0.1) is 5.10 Å². The van der Waals surface area contributed by atoms with Crippen molar-refractivity contribution in [1.82, 2.24) is 25.1 Å². The molecular formula is C27H30ClN7O8S. The van der Waals surface area contributed by atoms with Gasteiger partial charge in [-0.25, -0.2) is 4.68 Å². The van der Waals surface area contributed by atoms with Crippen molar-refractivity contribution in [2.75, 3.05) is 18.5 Å². The molecule has 0 aliphatic heterocycles. The Bertz CT molecular complexity index is 1550. The van der Waals surface area contributed by atoms with E-state index in [1.165, 1.54) is 17.0 Å². The zero-order valence-corrected chi connectivity index (χ0v) is 25.9. The van der Waals surface area contributed by atoms with E-state index in [4.69, 9.17) is 21.1 Å². The summed E-state index contributed by atoms with van der Waals surface area (Å²) in [5, 5.41) is 24.9. The Labute approximate surface area is 261 Å². The van der Waals surface area contributed by atoms with Crippen LogP contribution in [0, 0.1) is 17.0 Å². The molecule has 15 nitrogen and oxygen atoms in total. The number of nitro benzene ring substituents is 1. The van der Waals surface area contributed by atoms with Crippen molar-refractivity contribution in [2.24, 2.45) is 0 Å². The standard InChI is InChI=1S/C27H30ClN7O8S/c1-5-11-42-23(37)15-34-26(30-31-32-34)44-27(39)33(6-2)14-18-13-19(35(40)41)8-10-22(18)43-24(17(4)36)25(38)29-21-12-16(3)7-9-20(21)28/h7-10,12-13,24H,5-6,11,14-15H2,1-4H3,(H,29,38). The molecule has 1 unspecified atom stereocenters. The first-order valence-corrected chi connectivity index (χ1v) is 14.5. The maximum absolute atomic E-state index is 13.2. The first-order valence-electron chi connectivity index (χ1n) is 13.3. The molecule has 0 radical (unpaired) electrons. The molecule has 1 N–H and O–H groups in total. The van der Waals surface area contributed by atoms with E-state index in [1.54, 1.807) is 32.0 Å². The zero-order valence-electron chi connectivity index (χ0n) is 24.3. The van der Waals surface area contributed by atoms with Crippen LogP contribution in [0.1, 0.15) is 38.3 Å². The van der Waals surface area contributed by atoms with Gasteiger partial charge in [-0.3, -0.25) is 29.3 Å². The van der Waals surface area contributed by atoms with Crippen molar-refractivity contribution in [3.63, 3.8) is 0 Å². The molecule has 3 rings (SSSR count). The number of nitrogens with one attached hydrogen (secondary N) is 1. The van der Waals surface area contributed by atoms with Gasteiger partial charge in [0.05, 0.1) is 28.8 Å². The topological polar surface area (TPSA) is 189 Å². The summed E-state index contributed by atoms with van der Waals surface area (Å²) in [7, 11) is 0. The zero-order chi connectivity index (χ0) is 32.4. The highest BCUT2D eigenvalue weighted by Crippen LogP contribution is 2.29. The number of nitrogens with zero attached hydrogens (tertiary/aromatic N) is 6. The van der Waals surface area contributed by atoms with Gasteiger partial charge in [0, 0.05) is 36.0 Å². The van der Waals surface area contributed by atoms with Crippen molar-refractivity contribution < 1.29 is 33.6 Å². The van der Waals surface area contributed by atoms with E-state index < -0.39 is 33.9 Å². The van der Waals surface area contributed by atoms with Crippen molar-refractivity contribution in [2.45, 2.75) is 58.5 Å². The van der Waals surface area contributed by atoms with Gasteiger partial charge in [0.2, 0.25) is 11.3 Å². The number of carbonyl (C=O) groups excluding carboxylic acids is 4. The number of benzene rings is 2. The summed E-state index contributed by atoms with van der Waals surface area (Å²) in [5.41, 5.74) is 0.949. The highest BCUT2D eigenvalue weighted by molar-refractivity contribution is 8.13. The minimum Gasteiger partial charge on any atom is -0.472 e. The molecule has 1 atom stereocenters. The van der Waals surface area contributed by atoms with Gasteiger partial charge in [-0.05, 0) is 61.4 Å². The number of thioether (sulfide) groups is 1. The van der Waals surface area contributed by atoms with E-state index in [9.17, 15) is 29.3 Å². The lowest BCUT2D eigenvalue weighted by atomic mass is 10.1. The summed E-state index contributed by atoms with van der Waals surface area (Å²) in [6, 6.07) is 8.57. The molecule has 3 aromatic rings. The molecule has 2 amide bonds. The SMILES string of the molecule is CCCOC(=O)Cn1nnnc1SC(=O)N(CC)Cc1cc([N+](=O)[O-])ccc1OC(C(C)=O)C(=O)Nc1cc(C)ccc1Cl. The second-order valence-electron chi connectivity index (χ2n) is 9.35. The summed E-state index contributed by atoms with van der Waals surface area (Å²) in [6.07, 6.45) is -1.00. The highest BCUT2D eigenvalue weighted by atomic mass is 35.5. The monoisotopic (exact) mass is 647 g/mol. The molecule has 0 fully saturated rings. The number of anilines is 1. The summed E-state index contributed by atoms with van der Waals surface area (Å²) >= 11 is 6.82. The number of hydrogen-bond donors (Lipinski definition) is 1. The van der Waals surface area contributed by atoms with Gasteiger partial charge in [0.15, 0.2) is 5.78 Å². The number of nitro groups is 1. The first kappa shape index (κ1) is 33.9. The maximum atomic E-state index is 13.2. The Morgan fingerprint density at radius 3 is 2.59 bits per heavy atom. The minimum absolute atomic E-state index is 0.0268. The van der Waals surface area contributed by atoms with Crippen molar-refractivity contribution in [3.05, 3.63) is 62.7 Å². The number of esters is 1. The van der Waals surface area contributed by atoms with Gasteiger partial charge >= 0.3 is 5.97 Å². The number of carbonyl (C=O) groups is 4. The number of aromatic nitrogens is 4. The fourth-order valence-corrected chi connectivity index (χ4v) is 4.63. The van der Waals surface area contributed by atoms with Crippen LogP contribution in [0.25, 0.3) is 0 Å². The number of halogens is 1. The number of amides is 2. The van der Waals surface area contributed by atoms with Crippen LogP contribution in [0.2, 0.25) is 5.02 Å². The Balaban J connectivity index is 1.84. The Kier molecular flexibility index (Phi) is 12.2. The summed E-state index contributed by atoms with van der Waals surface area (Å²) < 4.78 is 12.0. The number of hydrogen-bond acceptors (Lipinski definition) is 12. The molecule has 1 aromatic heterocycles. The first-order chi connectivity index (χ1) is 20.9. The number of ether oxygens (including phenoxy) is 2. The predicted octanol–water partition coefficient (Wildman–Crippen LogP) is 4.21. The maximum Gasteiger partial charge on any atom is 0.327 e. The van der Waals surface area contributed by atoms with Crippen molar-refractivity contribution in [1.29, 1.82) is 0 Å². The number of rotatable bonds is 14. The summed E-state index contributed by atoms with van der Waals surface area (Å²) in [6.45, 7) is 6.36. The lowest BCUT2D eigenvalue weighted by molar-refractivity contribution is -0.385. The molecule has 0 saturated carbocycles. The number of Topliss-reactive ketones (excluding diaryl/α,β-unsaturated/α-hetero) is 1. The van der Waals surface area contributed by atoms with Crippen LogP contribution in [0.5, 0.6) is 5.75 Å². The molecular weight excluding hydrogens is 618 g/mol. The fraction of sp³-hybridized carbons (Fsp3) is 0.370. The molecule has 0 bridgehead atoms. The van der Waals surface area contributed by atoms with Crippen LogP contribution >= 0.6 is 23.4 Å². The molecule has 0 saturated heterocycles. The van der Waals surface area contributed by atoms with Crippen LogP contribution in [-0.4, -0.2) is 72.2 Å². The molecule has 44 heavy (non-hydrogen) atoms. The van der Waals surface area contributed by atoms with Gasteiger partial charge in [-0.2, -0.15) is 0 Å². The normalized spacial score (nSPS) is 11.4. The average Bonchev–Trinajstić information content (AvgIpc) is 3.41. The van der Waals surface area contributed by atoms with Crippen LogP contribution in [0.3, 0.4) is 0 Å². The largest absolute Gasteiger partial charge is 0.472 e. The molecule has 1 heterocycles. The van der Waals surface area contributed by atoms with Crippen molar-refractivity contribution in [3.8, 4) is 5.75 Å². The minimum atomic E-state index is -1.64. The third-order valence-electron chi connectivity index (χ3n) is 5.91. The van der Waals surface area contributed by atoms with Crippen molar-refractivity contribution >= 4 is 57.6 Å². The van der Waals surface area contributed by atoms with E-state index >= 15 is 0 Å². The second kappa shape index (κ2) is 15.8. The number of non-ortho nitro benzene ring substituents is 1. The Morgan fingerprint density at radius 2 is 1.93 bits per heavy atom. The van der Waals surface area contributed by atoms with E-state index in [1.807, 2.05) is 6.92 Å². The van der Waals surface area contributed by atoms with Crippen LogP contribution in [-0.2, 0) is 32.2 Å². The van der Waals surface area contributed by atoms with Crippen LogP contribution in [0.4, 0.5) is 16.2 Å². The van der Waals surface area contributed by atoms with E-state index in [0.717, 1.165) is 23.2 Å². The molecule has 2 aromatic carbocycles. The second-order valence-corrected chi connectivity index (χ2v) is 10.7. The number of ketones is 1. The Hall–Kier alpha value is -4.57. The van der Waals surface area contributed by atoms with Gasteiger partial charge in [0.25, 0.3) is 16.8 Å². The fourth-order valence-electron chi connectivity index (χ4n) is 3.71.